The highest BCUT2D eigenvalue weighted by molar-refractivity contribution is 5.69. The van der Waals surface area contributed by atoms with Crippen LogP contribution in [0.25, 0.3) is 0 Å². The first kappa shape index (κ1) is 17.3. The molecule has 2 aromatic rings. The molecule has 0 saturated heterocycles. The zero-order chi connectivity index (χ0) is 17.9. The van der Waals surface area contributed by atoms with Crippen molar-refractivity contribution in [2.75, 3.05) is 0 Å². The van der Waals surface area contributed by atoms with Gasteiger partial charge in [-0.05, 0) is 50.5 Å². The smallest absolute Gasteiger partial charge is 0.407 e. The topological polar surface area (TPSA) is 47.6 Å². The van der Waals surface area contributed by atoms with E-state index in [0.29, 0.717) is 12.5 Å². The summed E-state index contributed by atoms with van der Waals surface area (Å²) in [6, 6.07) is 18.4. The molecule has 4 heteroatoms. The highest BCUT2D eigenvalue weighted by Crippen LogP contribution is 2.41. The maximum atomic E-state index is 11.8. The van der Waals surface area contributed by atoms with Crippen LogP contribution >= 0.6 is 0 Å². The third-order valence-electron chi connectivity index (χ3n) is 4.05. The van der Waals surface area contributed by atoms with Gasteiger partial charge in [-0.2, -0.15) is 0 Å². The molecule has 1 saturated carbocycles. The average molecular weight is 339 g/mol. The molecular weight excluding hydrogens is 314 g/mol. The SMILES string of the molecule is CC(C)(C)OC(=O)NC1CC1c1ccc(OCc2ccccc2)cc1. The number of hydrogen-bond donors (Lipinski definition) is 1. The molecule has 1 N–H and O–H groups in total. The Kier molecular flexibility index (Phi) is 4.98. The summed E-state index contributed by atoms with van der Waals surface area (Å²) in [5.74, 6) is 1.21. The minimum Gasteiger partial charge on any atom is -0.489 e. The number of ether oxygens (including phenoxy) is 2. The van der Waals surface area contributed by atoms with Gasteiger partial charge < -0.3 is 14.8 Å². The molecule has 2 aromatic carbocycles. The van der Waals surface area contributed by atoms with E-state index in [4.69, 9.17) is 9.47 Å². The first-order valence-electron chi connectivity index (χ1n) is 8.67. The number of hydrogen-bond acceptors (Lipinski definition) is 3. The van der Waals surface area contributed by atoms with Gasteiger partial charge in [0.25, 0.3) is 0 Å². The minimum atomic E-state index is -0.466. The molecule has 4 nitrogen and oxygen atoms in total. The van der Waals surface area contributed by atoms with Crippen LogP contribution in [0.3, 0.4) is 0 Å². The van der Waals surface area contributed by atoms with Gasteiger partial charge in [0.1, 0.15) is 18.0 Å². The van der Waals surface area contributed by atoms with Crippen molar-refractivity contribution >= 4 is 6.09 Å². The number of alkyl carbamates (subject to hydrolysis) is 1. The van der Waals surface area contributed by atoms with Gasteiger partial charge >= 0.3 is 6.09 Å². The molecule has 132 valence electrons. The summed E-state index contributed by atoms with van der Waals surface area (Å²) in [5, 5.41) is 2.93. The van der Waals surface area contributed by atoms with Crippen molar-refractivity contribution in [2.24, 2.45) is 0 Å². The summed E-state index contributed by atoms with van der Waals surface area (Å²) in [7, 11) is 0. The standard InChI is InChI=1S/C21H25NO3/c1-21(2,3)25-20(23)22-19-13-18(19)16-9-11-17(12-10-16)24-14-15-7-5-4-6-8-15/h4-12,18-19H,13-14H2,1-3H3,(H,22,23). The van der Waals surface area contributed by atoms with Crippen molar-refractivity contribution in [3.63, 3.8) is 0 Å². The predicted octanol–water partition coefficient (Wildman–Crippen LogP) is 4.65. The first-order chi connectivity index (χ1) is 11.9. The molecule has 0 heterocycles. The van der Waals surface area contributed by atoms with Crippen molar-refractivity contribution < 1.29 is 14.3 Å². The molecule has 1 amide bonds. The molecular formula is C21H25NO3. The van der Waals surface area contributed by atoms with E-state index in [1.807, 2.05) is 63.2 Å². The summed E-state index contributed by atoms with van der Waals surface area (Å²) < 4.78 is 11.1. The van der Waals surface area contributed by atoms with Crippen LogP contribution in [0.1, 0.15) is 44.2 Å². The summed E-state index contributed by atoms with van der Waals surface area (Å²) >= 11 is 0. The van der Waals surface area contributed by atoms with Crippen LogP contribution in [0.5, 0.6) is 5.75 Å². The van der Waals surface area contributed by atoms with Crippen LogP contribution in [0.2, 0.25) is 0 Å². The number of amides is 1. The van der Waals surface area contributed by atoms with E-state index >= 15 is 0 Å². The molecule has 2 unspecified atom stereocenters. The van der Waals surface area contributed by atoms with Gasteiger partial charge in [-0.15, -0.1) is 0 Å². The lowest BCUT2D eigenvalue weighted by molar-refractivity contribution is 0.0523. The van der Waals surface area contributed by atoms with Crippen LogP contribution in [0.15, 0.2) is 54.6 Å². The van der Waals surface area contributed by atoms with Gasteiger partial charge in [0.15, 0.2) is 0 Å². The third-order valence-corrected chi connectivity index (χ3v) is 4.05. The number of rotatable bonds is 5. The first-order valence-corrected chi connectivity index (χ1v) is 8.67. The van der Waals surface area contributed by atoms with Crippen molar-refractivity contribution in [1.29, 1.82) is 0 Å². The van der Waals surface area contributed by atoms with Crippen molar-refractivity contribution in [3.05, 3.63) is 65.7 Å². The molecule has 0 aliphatic heterocycles. The van der Waals surface area contributed by atoms with Gasteiger partial charge in [-0.1, -0.05) is 42.5 Å². The predicted molar refractivity (Wildman–Crippen MR) is 97.7 cm³/mol. The zero-order valence-electron chi connectivity index (χ0n) is 15.0. The Balaban J connectivity index is 1.48. The molecule has 25 heavy (non-hydrogen) atoms. The molecule has 0 radical (unpaired) electrons. The quantitative estimate of drug-likeness (QED) is 0.863. The van der Waals surface area contributed by atoms with Crippen LogP contribution in [-0.2, 0) is 11.3 Å². The Hall–Kier alpha value is -2.49. The lowest BCUT2D eigenvalue weighted by Gasteiger charge is -2.19. The molecule has 1 aliphatic rings. The fourth-order valence-electron chi connectivity index (χ4n) is 2.73. The molecule has 1 aliphatic carbocycles. The normalized spacial score (nSPS) is 19.2. The summed E-state index contributed by atoms with van der Waals surface area (Å²) in [4.78, 5) is 11.8. The number of benzene rings is 2. The fraction of sp³-hybridized carbons (Fsp3) is 0.381. The van der Waals surface area contributed by atoms with E-state index in [1.54, 1.807) is 0 Å². The molecule has 0 bridgehead atoms. The van der Waals surface area contributed by atoms with E-state index in [2.05, 4.69) is 17.4 Å². The lowest BCUT2D eigenvalue weighted by atomic mass is 10.1. The summed E-state index contributed by atoms with van der Waals surface area (Å²) in [6.45, 7) is 6.16. The van der Waals surface area contributed by atoms with Crippen LogP contribution < -0.4 is 10.1 Å². The Morgan fingerprint density at radius 2 is 1.76 bits per heavy atom. The van der Waals surface area contributed by atoms with Gasteiger partial charge in [-0.25, -0.2) is 4.79 Å². The molecule has 0 spiro atoms. The van der Waals surface area contributed by atoms with Gasteiger partial charge in [0.05, 0.1) is 0 Å². The summed E-state index contributed by atoms with van der Waals surface area (Å²) in [6.07, 6.45) is 0.603. The monoisotopic (exact) mass is 339 g/mol. The summed E-state index contributed by atoms with van der Waals surface area (Å²) in [5.41, 5.74) is 1.90. The van der Waals surface area contributed by atoms with Crippen LogP contribution in [0.4, 0.5) is 4.79 Å². The second-order valence-corrected chi connectivity index (χ2v) is 7.44. The maximum Gasteiger partial charge on any atom is 0.407 e. The van der Waals surface area contributed by atoms with E-state index in [-0.39, 0.29) is 12.1 Å². The van der Waals surface area contributed by atoms with Crippen molar-refractivity contribution in [2.45, 2.75) is 51.4 Å². The average Bonchev–Trinajstić information content (AvgIpc) is 3.31. The Morgan fingerprint density at radius 1 is 1.08 bits per heavy atom. The highest BCUT2D eigenvalue weighted by Gasteiger charge is 2.40. The van der Waals surface area contributed by atoms with E-state index in [9.17, 15) is 4.79 Å². The molecule has 1 fully saturated rings. The Morgan fingerprint density at radius 3 is 2.40 bits per heavy atom. The van der Waals surface area contributed by atoms with Gasteiger partial charge in [0, 0.05) is 12.0 Å². The Bertz CT molecular complexity index is 704. The second kappa shape index (κ2) is 7.18. The Labute approximate surface area is 149 Å². The van der Waals surface area contributed by atoms with Crippen molar-refractivity contribution in [1.82, 2.24) is 5.32 Å². The van der Waals surface area contributed by atoms with Crippen LogP contribution in [-0.4, -0.2) is 17.7 Å². The van der Waals surface area contributed by atoms with Crippen molar-refractivity contribution in [3.8, 4) is 5.75 Å². The minimum absolute atomic E-state index is 0.158. The van der Waals surface area contributed by atoms with E-state index in [0.717, 1.165) is 17.7 Å². The fourth-order valence-corrected chi connectivity index (χ4v) is 2.73. The molecule has 2 atom stereocenters. The number of carbonyl (C=O) groups excluding carboxylic acids is 1. The van der Waals surface area contributed by atoms with E-state index in [1.165, 1.54) is 5.56 Å². The van der Waals surface area contributed by atoms with E-state index < -0.39 is 5.60 Å². The highest BCUT2D eigenvalue weighted by atomic mass is 16.6. The maximum absolute atomic E-state index is 11.8. The largest absolute Gasteiger partial charge is 0.489 e. The number of nitrogens with one attached hydrogen (secondary N) is 1. The zero-order valence-corrected chi connectivity index (χ0v) is 15.0. The van der Waals surface area contributed by atoms with Crippen LogP contribution in [0, 0.1) is 0 Å². The molecule has 0 aromatic heterocycles. The lowest BCUT2D eigenvalue weighted by Crippen LogP contribution is -2.34. The van der Waals surface area contributed by atoms with Gasteiger partial charge in [0.2, 0.25) is 0 Å². The number of carbonyl (C=O) groups is 1. The molecule has 3 rings (SSSR count). The third kappa shape index (κ3) is 5.24. The van der Waals surface area contributed by atoms with Gasteiger partial charge in [-0.3, -0.25) is 0 Å². The second-order valence-electron chi connectivity index (χ2n) is 7.44.